The number of ether oxygens (including phenoxy) is 2. The van der Waals surface area contributed by atoms with E-state index in [0.29, 0.717) is 12.3 Å². The molecule has 0 atom stereocenters. The van der Waals surface area contributed by atoms with Gasteiger partial charge < -0.3 is 14.8 Å². The van der Waals surface area contributed by atoms with Crippen LogP contribution in [0.3, 0.4) is 0 Å². The van der Waals surface area contributed by atoms with Gasteiger partial charge in [-0.05, 0) is 55.2 Å². The zero-order valence-electron chi connectivity index (χ0n) is 13.9. The highest BCUT2D eigenvalue weighted by atomic mass is 16.5. The van der Waals surface area contributed by atoms with Gasteiger partial charge in [-0.1, -0.05) is 24.3 Å². The summed E-state index contributed by atoms with van der Waals surface area (Å²) in [4.78, 5) is 11.8. The largest absolute Gasteiger partial charge is 0.496 e. The number of benzene rings is 2. The van der Waals surface area contributed by atoms with Gasteiger partial charge in [-0.15, -0.1) is 0 Å². The van der Waals surface area contributed by atoms with Crippen molar-refractivity contribution in [1.82, 2.24) is 5.32 Å². The van der Waals surface area contributed by atoms with Crippen LogP contribution >= 0.6 is 0 Å². The molecule has 0 bridgehead atoms. The maximum Gasteiger partial charge on any atom is 0.257 e. The van der Waals surface area contributed by atoms with Crippen LogP contribution in [0, 0.1) is 13.8 Å². The molecule has 0 heterocycles. The van der Waals surface area contributed by atoms with E-state index in [-0.39, 0.29) is 12.5 Å². The highest BCUT2D eigenvalue weighted by molar-refractivity contribution is 5.77. The van der Waals surface area contributed by atoms with Crippen LogP contribution in [-0.4, -0.2) is 26.2 Å². The number of rotatable bonds is 7. The van der Waals surface area contributed by atoms with Crippen molar-refractivity contribution < 1.29 is 14.3 Å². The Labute approximate surface area is 137 Å². The second-order valence-corrected chi connectivity index (χ2v) is 5.45. The summed E-state index contributed by atoms with van der Waals surface area (Å²) in [6.45, 7) is 4.64. The van der Waals surface area contributed by atoms with E-state index in [0.717, 1.165) is 23.3 Å². The van der Waals surface area contributed by atoms with Crippen molar-refractivity contribution in [3.8, 4) is 11.5 Å². The van der Waals surface area contributed by atoms with Crippen LogP contribution in [0.15, 0.2) is 42.5 Å². The lowest BCUT2D eigenvalue weighted by atomic mass is 10.1. The normalized spacial score (nSPS) is 10.2. The summed E-state index contributed by atoms with van der Waals surface area (Å²) in [5.74, 6) is 1.43. The van der Waals surface area contributed by atoms with Gasteiger partial charge in [0.15, 0.2) is 6.61 Å². The van der Waals surface area contributed by atoms with Gasteiger partial charge in [0.25, 0.3) is 5.91 Å². The standard InChI is InChI=1S/C19H23NO3/c1-14-8-9-17(12-15(14)2)23-13-19(21)20-11-10-16-6-4-5-7-18(16)22-3/h4-9,12H,10-11,13H2,1-3H3,(H,20,21). The van der Waals surface area contributed by atoms with E-state index < -0.39 is 0 Å². The monoisotopic (exact) mass is 313 g/mol. The van der Waals surface area contributed by atoms with Gasteiger partial charge in [0.2, 0.25) is 0 Å². The van der Waals surface area contributed by atoms with E-state index >= 15 is 0 Å². The third-order valence-electron chi connectivity index (χ3n) is 3.76. The van der Waals surface area contributed by atoms with Gasteiger partial charge in [-0.2, -0.15) is 0 Å². The van der Waals surface area contributed by atoms with Crippen LogP contribution in [0.2, 0.25) is 0 Å². The van der Waals surface area contributed by atoms with E-state index in [9.17, 15) is 4.79 Å². The van der Waals surface area contributed by atoms with Crippen LogP contribution < -0.4 is 14.8 Å². The van der Waals surface area contributed by atoms with Gasteiger partial charge in [-0.3, -0.25) is 4.79 Å². The van der Waals surface area contributed by atoms with Crippen LogP contribution in [0.4, 0.5) is 0 Å². The minimum Gasteiger partial charge on any atom is -0.496 e. The fraction of sp³-hybridized carbons (Fsp3) is 0.316. The second-order valence-electron chi connectivity index (χ2n) is 5.45. The van der Waals surface area contributed by atoms with Gasteiger partial charge >= 0.3 is 0 Å². The highest BCUT2D eigenvalue weighted by Crippen LogP contribution is 2.17. The highest BCUT2D eigenvalue weighted by Gasteiger charge is 2.05. The smallest absolute Gasteiger partial charge is 0.257 e. The molecular weight excluding hydrogens is 290 g/mol. The van der Waals surface area contributed by atoms with E-state index in [2.05, 4.69) is 5.32 Å². The Bertz CT molecular complexity index is 667. The van der Waals surface area contributed by atoms with Crippen LogP contribution in [-0.2, 0) is 11.2 Å². The zero-order chi connectivity index (χ0) is 16.7. The number of methoxy groups -OCH3 is 1. The van der Waals surface area contributed by atoms with Gasteiger partial charge in [-0.25, -0.2) is 0 Å². The first-order chi connectivity index (χ1) is 11.1. The molecule has 2 aromatic carbocycles. The number of para-hydroxylation sites is 1. The quantitative estimate of drug-likeness (QED) is 0.854. The predicted molar refractivity (Wildman–Crippen MR) is 91.1 cm³/mol. The summed E-state index contributed by atoms with van der Waals surface area (Å²) < 4.78 is 10.8. The van der Waals surface area contributed by atoms with Crippen LogP contribution in [0.1, 0.15) is 16.7 Å². The molecule has 0 aliphatic rings. The maximum atomic E-state index is 11.8. The summed E-state index contributed by atoms with van der Waals surface area (Å²) in [6, 6.07) is 13.6. The topological polar surface area (TPSA) is 47.6 Å². The van der Waals surface area contributed by atoms with Crippen molar-refractivity contribution in [3.63, 3.8) is 0 Å². The molecule has 0 saturated carbocycles. The average molecular weight is 313 g/mol. The third kappa shape index (κ3) is 5.02. The Balaban J connectivity index is 1.76. The first-order valence-electron chi connectivity index (χ1n) is 7.69. The first kappa shape index (κ1) is 16.9. The fourth-order valence-electron chi connectivity index (χ4n) is 2.25. The molecule has 1 amide bonds. The Morgan fingerprint density at radius 3 is 2.61 bits per heavy atom. The third-order valence-corrected chi connectivity index (χ3v) is 3.76. The van der Waals surface area contributed by atoms with E-state index in [1.165, 1.54) is 5.56 Å². The minimum absolute atomic E-state index is 0.0222. The number of nitrogens with one attached hydrogen (secondary N) is 1. The molecule has 2 aromatic rings. The van der Waals surface area contributed by atoms with E-state index in [1.807, 2.05) is 56.3 Å². The van der Waals surface area contributed by atoms with Crippen molar-refractivity contribution in [2.45, 2.75) is 20.3 Å². The molecule has 0 radical (unpaired) electrons. The average Bonchev–Trinajstić information content (AvgIpc) is 2.56. The molecular formula is C19H23NO3. The fourth-order valence-corrected chi connectivity index (χ4v) is 2.25. The molecule has 0 fully saturated rings. The summed E-state index contributed by atoms with van der Waals surface area (Å²) >= 11 is 0. The molecule has 2 rings (SSSR count). The number of aryl methyl sites for hydroxylation is 2. The molecule has 0 saturated heterocycles. The Morgan fingerprint density at radius 1 is 1.09 bits per heavy atom. The molecule has 1 N–H and O–H groups in total. The second kappa shape index (κ2) is 8.22. The van der Waals surface area contributed by atoms with Gasteiger partial charge in [0.05, 0.1) is 7.11 Å². The summed E-state index contributed by atoms with van der Waals surface area (Å²) in [5, 5.41) is 2.86. The van der Waals surface area contributed by atoms with Gasteiger partial charge in [0, 0.05) is 6.54 Å². The minimum atomic E-state index is -0.127. The lowest BCUT2D eigenvalue weighted by Crippen LogP contribution is -2.30. The summed E-state index contributed by atoms with van der Waals surface area (Å²) in [5.41, 5.74) is 3.43. The molecule has 0 aliphatic heterocycles. The summed E-state index contributed by atoms with van der Waals surface area (Å²) in [7, 11) is 1.65. The number of hydrogen-bond donors (Lipinski definition) is 1. The van der Waals surface area contributed by atoms with Gasteiger partial charge in [0.1, 0.15) is 11.5 Å². The predicted octanol–water partition coefficient (Wildman–Crippen LogP) is 3.05. The van der Waals surface area contributed by atoms with Crippen molar-refractivity contribution in [1.29, 1.82) is 0 Å². The molecule has 0 aliphatic carbocycles. The molecule has 4 nitrogen and oxygen atoms in total. The Hall–Kier alpha value is -2.49. The lowest BCUT2D eigenvalue weighted by molar-refractivity contribution is -0.123. The van der Waals surface area contributed by atoms with Crippen molar-refractivity contribution in [3.05, 3.63) is 59.2 Å². The van der Waals surface area contributed by atoms with Crippen molar-refractivity contribution in [2.75, 3.05) is 20.3 Å². The number of hydrogen-bond acceptors (Lipinski definition) is 3. The van der Waals surface area contributed by atoms with Crippen molar-refractivity contribution >= 4 is 5.91 Å². The first-order valence-corrected chi connectivity index (χ1v) is 7.69. The number of amides is 1. The molecule has 4 heteroatoms. The molecule has 122 valence electrons. The lowest BCUT2D eigenvalue weighted by Gasteiger charge is -2.10. The molecule has 0 spiro atoms. The molecule has 0 unspecified atom stereocenters. The maximum absolute atomic E-state index is 11.8. The van der Waals surface area contributed by atoms with Crippen LogP contribution in [0.25, 0.3) is 0 Å². The van der Waals surface area contributed by atoms with Crippen molar-refractivity contribution in [2.24, 2.45) is 0 Å². The van der Waals surface area contributed by atoms with E-state index in [1.54, 1.807) is 7.11 Å². The SMILES string of the molecule is COc1ccccc1CCNC(=O)COc1ccc(C)c(C)c1. The molecule has 23 heavy (non-hydrogen) atoms. The Kier molecular flexibility index (Phi) is 6.03. The zero-order valence-corrected chi connectivity index (χ0v) is 13.9. The molecule has 0 aromatic heterocycles. The summed E-state index contributed by atoms with van der Waals surface area (Å²) in [6.07, 6.45) is 0.722. The number of carbonyl (C=O) groups is 1. The number of carbonyl (C=O) groups excluding carboxylic acids is 1. The Morgan fingerprint density at radius 2 is 1.87 bits per heavy atom. The van der Waals surface area contributed by atoms with E-state index in [4.69, 9.17) is 9.47 Å². The van der Waals surface area contributed by atoms with Crippen LogP contribution in [0.5, 0.6) is 11.5 Å².